The predicted molar refractivity (Wildman–Crippen MR) is 131 cm³/mol. The second-order valence-electron chi connectivity index (χ2n) is 8.55. The number of hydrogen-bond acceptors (Lipinski definition) is 4. The molecular formula is C29H22N2O2. The van der Waals surface area contributed by atoms with E-state index in [1.807, 2.05) is 36.4 Å². The maximum atomic E-state index is 6.06. The molecule has 0 amide bonds. The van der Waals surface area contributed by atoms with Crippen molar-refractivity contribution in [2.24, 2.45) is 0 Å². The third-order valence-electron chi connectivity index (χ3n) is 5.91. The van der Waals surface area contributed by atoms with Gasteiger partial charge < -0.3 is 8.83 Å². The molecule has 0 saturated carbocycles. The van der Waals surface area contributed by atoms with Gasteiger partial charge in [-0.2, -0.15) is 0 Å². The Morgan fingerprint density at radius 1 is 0.545 bits per heavy atom. The first-order valence-electron chi connectivity index (χ1n) is 11.0. The van der Waals surface area contributed by atoms with Gasteiger partial charge in [0.25, 0.3) is 0 Å². The van der Waals surface area contributed by atoms with Crippen molar-refractivity contribution in [2.45, 2.75) is 20.3 Å². The number of rotatable bonds is 4. The molecular weight excluding hydrogens is 408 g/mol. The van der Waals surface area contributed by atoms with Crippen LogP contribution in [0.2, 0.25) is 0 Å². The molecule has 0 aliphatic rings. The molecule has 2 aromatic heterocycles. The Balaban J connectivity index is 1.28. The molecule has 4 nitrogen and oxygen atoms in total. The first-order valence-corrected chi connectivity index (χ1v) is 11.0. The van der Waals surface area contributed by atoms with E-state index in [0.29, 0.717) is 11.8 Å². The molecule has 0 atom stereocenters. The van der Waals surface area contributed by atoms with Crippen molar-refractivity contribution in [2.75, 3.05) is 0 Å². The molecule has 0 aliphatic heterocycles. The lowest BCUT2D eigenvalue weighted by atomic mass is 10.0. The van der Waals surface area contributed by atoms with Crippen LogP contribution in [0.1, 0.15) is 22.3 Å². The fourth-order valence-corrected chi connectivity index (χ4v) is 4.03. The van der Waals surface area contributed by atoms with Gasteiger partial charge in [-0.25, -0.2) is 9.97 Å². The van der Waals surface area contributed by atoms with Gasteiger partial charge >= 0.3 is 0 Å². The van der Waals surface area contributed by atoms with Crippen molar-refractivity contribution in [1.82, 2.24) is 9.97 Å². The van der Waals surface area contributed by atoms with Gasteiger partial charge in [0.05, 0.1) is 0 Å². The summed E-state index contributed by atoms with van der Waals surface area (Å²) in [4.78, 5) is 9.30. The van der Waals surface area contributed by atoms with Crippen LogP contribution < -0.4 is 0 Å². The molecule has 2 heterocycles. The van der Waals surface area contributed by atoms with Gasteiger partial charge in [0.15, 0.2) is 11.2 Å². The van der Waals surface area contributed by atoms with E-state index in [4.69, 9.17) is 8.83 Å². The highest BCUT2D eigenvalue weighted by molar-refractivity contribution is 5.78. The Kier molecular flexibility index (Phi) is 4.58. The quantitative estimate of drug-likeness (QED) is 0.290. The number of aryl methyl sites for hydroxylation is 2. The van der Waals surface area contributed by atoms with E-state index in [0.717, 1.165) is 50.9 Å². The lowest BCUT2D eigenvalue weighted by molar-refractivity contribution is 0.619. The van der Waals surface area contributed by atoms with Gasteiger partial charge in [-0.1, -0.05) is 47.5 Å². The summed E-state index contributed by atoms with van der Waals surface area (Å²) in [7, 11) is 0. The van der Waals surface area contributed by atoms with Crippen LogP contribution in [0.3, 0.4) is 0 Å². The first kappa shape index (κ1) is 19.5. The van der Waals surface area contributed by atoms with E-state index in [1.54, 1.807) is 0 Å². The molecule has 0 saturated heterocycles. The summed E-state index contributed by atoms with van der Waals surface area (Å²) in [6.45, 7) is 4.14. The summed E-state index contributed by atoms with van der Waals surface area (Å²) in [6.07, 6.45) is 0.771. The monoisotopic (exact) mass is 430 g/mol. The third-order valence-corrected chi connectivity index (χ3v) is 5.91. The van der Waals surface area contributed by atoms with Crippen LogP contribution in [0.5, 0.6) is 0 Å². The fourth-order valence-electron chi connectivity index (χ4n) is 4.03. The van der Waals surface area contributed by atoms with E-state index >= 15 is 0 Å². The zero-order valence-corrected chi connectivity index (χ0v) is 18.5. The standard InChI is InChI=1S/C29H22N2O2/c1-18-3-9-22(10-4-18)28-30-24-13-7-20(16-26(24)32-28)15-21-8-14-25-27(17-21)33-29(31-25)23-11-5-19(2)6-12-23/h3-14,16-17H,15H2,1-2H3. The summed E-state index contributed by atoms with van der Waals surface area (Å²) in [5.74, 6) is 1.29. The average molecular weight is 431 g/mol. The number of fused-ring (bicyclic) bond motifs is 2. The highest BCUT2D eigenvalue weighted by Gasteiger charge is 2.11. The second-order valence-corrected chi connectivity index (χ2v) is 8.55. The van der Waals surface area contributed by atoms with Crippen LogP contribution in [0.15, 0.2) is 93.8 Å². The molecule has 160 valence electrons. The van der Waals surface area contributed by atoms with Gasteiger partial charge in [-0.15, -0.1) is 0 Å². The van der Waals surface area contributed by atoms with E-state index in [-0.39, 0.29) is 0 Å². The van der Waals surface area contributed by atoms with E-state index < -0.39 is 0 Å². The van der Waals surface area contributed by atoms with Crippen molar-refractivity contribution in [1.29, 1.82) is 0 Å². The molecule has 4 aromatic carbocycles. The molecule has 0 N–H and O–H groups in total. The Morgan fingerprint density at radius 3 is 1.39 bits per heavy atom. The molecule has 33 heavy (non-hydrogen) atoms. The fraction of sp³-hybridized carbons (Fsp3) is 0.103. The number of aromatic nitrogens is 2. The Labute approximate surface area is 191 Å². The molecule has 6 rings (SSSR count). The Morgan fingerprint density at radius 2 is 0.970 bits per heavy atom. The summed E-state index contributed by atoms with van der Waals surface area (Å²) in [6, 6.07) is 28.8. The maximum Gasteiger partial charge on any atom is 0.227 e. The minimum atomic E-state index is 0.647. The first-order chi connectivity index (χ1) is 16.1. The van der Waals surface area contributed by atoms with Gasteiger partial charge in [0.2, 0.25) is 11.8 Å². The smallest absolute Gasteiger partial charge is 0.227 e. The van der Waals surface area contributed by atoms with Crippen LogP contribution in [-0.4, -0.2) is 9.97 Å². The zero-order valence-electron chi connectivity index (χ0n) is 18.5. The number of hydrogen-bond donors (Lipinski definition) is 0. The molecule has 0 spiro atoms. The van der Waals surface area contributed by atoms with E-state index in [1.165, 1.54) is 11.1 Å². The van der Waals surface area contributed by atoms with Crippen molar-refractivity contribution in [3.8, 4) is 22.9 Å². The highest BCUT2D eigenvalue weighted by atomic mass is 16.4. The summed E-state index contributed by atoms with van der Waals surface area (Å²) in [5, 5.41) is 0. The van der Waals surface area contributed by atoms with Crippen LogP contribution >= 0.6 is 0 Å². The molecule has 0 radical (unpaired) electrons. The van der Waals surface area contributed by atoms with Gasteiger partial charge in [0.1, 0.15) is 11.0 Å². The van der Waals surface area contributed by atoms with E-state index in [2.05, 4.69) is 72.3 Å². The van der Waals surface area contributed by atoms with Gasteiger partial charge in [-0.05, 0) is 79.9 Å². The number of benzene rings is 4. The van der Waals surface area contributed by atoms with E-state index in [9.17, 15) is 0 Å². The topological polar surface area (TPSA) is 52.1 Å². The minimum Gasteiger partial charge on any atom is -0.436 e. The van der Waals surface area contributed by atoms with Crippen LogP contribution in [0.4, 0.5) is 0 Å². The summed E-state index contributed by atoms with van der Waals surface area (Å²) < 4.78 is 12.1. The average Bonchev–Trinajstić information content (AvgIpc) is 3.44. The van der Waals surface area contributed by atoms with Crippen molar-refractivity contribution >= 4 is 22.2 Å². The molecule has 6 aromatic rings. The minimum absolute atomic E-state index is 0.647. The maximum absolute atomic E-state index is 6.06. The molecule has 0 fully saturated rings. The lowest BCUT2D eigenvalue weighted by Gasteiger charge is -2.01. The second kappa shape index (κ2) is 7.75. The van der Waals surface area contributed by atoms with Crippen LogP contribution in [-0.2, 0) is 6.42 Å². The van der Waals surface area contributed by atoms with Gasteiger partial charge in [-0.3, -0.25) is 0 Å². The Bertz CT molecular complexity index is 1470. The normalized spacial score (nSPS) is 11.5. The Hall–Kier alpha value is -4.18. The van der Waals surface area contributed by atoms with Crippen molar-refractivity contribution < 1.29 is 8.83 Å². The largest absolute Gasteiger partial charge is 0.436 e. The predicted octanol–water partition coefficient (Wildman–Crippen LogP) is 7.51. The van der Waals surface area contributed by atoms with Crippen LogP contribution in [0.25, 0.3) is 45.1 Å². The van der Waals surface area contributed by atoms with Crippen molar-refractivity contribution in [3.63, 3.8) is 0 Å². The van der Waals surface area contributed by atoms with Crippen LogP contribution in [0, 0.1) is 13.8 Å². The summed E-state index contributed by atoms with van der Waals surface area (Å²) >= 11 is 0. The molecule has 4 heteroatoms. The number of nitrogens with zero attached hydrogens (tertiary/aromatic N) is 2. The summed E-state index contributed by atoms with van der Waals surface area (Å²) in [5.41, 5.74) is 10.0. The molecule has 0 unspecified atom stereocenters. The third kappa shape index (κ3) is 3.80. The highest BCUT2D eigenvalue weighted by Crippen LogP contribution is 2.28. The SMILES string of the molecule is Cc1ccc(-c2nc3ccc(Cc4ccc5nc(-c6ccc(C)cc6)oc5c4)cc3o2)cc1. The van der Waals surface area contributed by atoms with Gasteiger partial charge in [0, 0.05) is 11.1 Å². The number of oxazole rings is 2. The lowest BCUT2D eigenvalue weighted by Crippen LogP contribution is -1.87. The zero-order chi connectivity index (χ0) is 22.4. The molecule has 0 bridgehead atoms. The van der Waals surface area contributed by atoms with Crippen molar-refractivity contribution in [3.05, 3.63) is 107 Å². The molecule has 0 aliphatic carbocycles.